The van der Waals surface area contributed by atoms with E-state index in [1.165, 1.54) is 0 Å². The first kappa shape index (κ1) is 18.4. The number of fused-ring (bicyclic) bond motifs is 1. The van der Waals surface area contributed by atoms with E-state index in [0.29, 0.717) is 6.42 Å². The average molecular weight is 397 g/mol. The van der Waals surface area contributed by atoms with Gasteiger partial charge in [-0.3, -0.25) is 9.78 Å². The maximum Gasteiger partial charge on any atom is 0.163 e. The van der Waals surface area contributed by atoms with Crippen LogP contribution in [0.2, 0.25) is 0 Å². The Morgan fingerprint density at radius 1 is 0.967 bits per heavy atom. The summed E-state index contributed by atoms with van der Waals surface area (Å²) >= 11 is 0. The zero-order chi connectivity index (χ0) is 20.5. The van der Waals surface area contributed by atoms with E-state index in [2.05, 4.69) is 21.7 Å². The van der Waals surface area contributed by atoms with Crippen molar-refractivity contribution in [1.82, 2.24) is 4.98 Å². The number of ether oxygens (including phenoxy) is 1. The first-order chi connectivity index (χ1) is 14.7. The molecule has 0 radical (unpaired) electrons. The maximum atomic E-state index is 13.5. The van der Waals surface area contributed by atoms with E-state index < -0.39 is 0 Å². The van der Waals surface area contributed by atoms with Crippen molar-refractivity contribution in [3.63, 3.8) is 0 Å². The molecule has 3 aromatic rings. The summed E-state index contributed by atoms with van der Waals surface area (Å²) in [6.07, 6.45) is 4.82. The average Bonchev–Trinajstić information content (AvgIpc) is 2.96. The molecule has 2 aromatic carbocycles. The van der Waals surface area contributed by atoms with Crippen molar-refractivity contribution < 1.29 is 9.53 Å². The Morgan fingerprint density at radius 3 is 2.60 bits per heavy atom. The minimum Gasteiger partial charge on any atom is -0.497 e. The van der Waals surface area contributed by atoms with Crippen LogP contribution >= 0.6 is 0 Å². The highest BCUT2D eigenvalue weighted by Crippen LogP contribution is 2.44. The molecule has 150 valence electrons. The van der Waals surface area contributed by atoms with Crippen molar-refractivity contribution in [3.05, 3.63) is 95.5 Å². The number of carbonyl (C=O) groups is 1. The van der Waals surface area contributed by atoms with Crippen LogP contribution in [0.5, 0.6) is 5.75 Å². The van der Waals surface area contributed by atoms with Gasteiger partial charge in [0.05, 0.1) is 24.5 Å². The van der Waals surface area contributed by atoms with Gasteiger partial charge in [0.2, 0.25) is 0 Å². The van der Waals surface area contributed by atoms with Crippen molar-refractivity contribution in [2.75, 3.05) is 17.7 Å². The fraction of sp³-hybridized carbons (Fsp3) is 0.200. The summed E-state index contributed by atoms with van der Waals surface area (Å²) in [5.74, 6) is 1.08. The van der Waals surface area contributed by atoms with E-state index in [4.69, 9.17) is 4.74 Å². The van der Waals surface area contributed by atoms with Gasteiger partial charge >= 0.3 is 0 Å². The Hall–Kier alpha value is -3.60. The van der Waals surface area contributed by atoms with Gasteiger partial charge in [-0.25, -0.2) is 0 Å². The number of anilines is 2. The number of Topliss-reactive ketones (excluding diaryl/α,β-unsaturated/α-hetero) is 1. The number of benzene rings is 2. The molecule has 0 saturated heterocycles. The summed E-state index contributed by atoms with van der Waals surface area (Å²) < 4.78 is 5.39. The van der Waals surface area contributed by atoms with Crippen molar-refractivity contribution >= 4 is 17.2 Å². The quantitative estimate of drug-likeness (QED) is 0.646. The highest BCUT2D eigenvalue weighted by atomic mass is 16.5. The minimum atomic E-state index is -0.233. The number of hydrogen-bond donors (Lipinski definition) is 2. The largest absolute Gasteiger partial charge is 0.497 e. The van der Waals surface area contributed by atoms with E-state index in [9.17, 15) is 4.79 Å². The lowest BCUT2D eigenvalue weighted by atomic mass is 9.78. The lowest BCUT2D eigenvalue weighted by Gasteiger charge is -2.30. The summed E-state index contributed by atoms with van der Waals surface area (Å²) in [5.41, 5.74) is 5.85. The van der Waals surface area contributed by atoms with Crippen molar-refractivity contribution in [2.24, 2.45) is 0 Å². The molecule has 0 saturated carbocycles. The highest BCUT2D eigenvalue weighted by molar-refractivity contribution is 6.01. The van der Waals surface area contributed by atoms with Gasteiger partial charge in [0.15, 0.2) is 5.78 Å². The van der Waals surface area contributed by atoms with E-state index in [0.717, 1.165) is 45.9 Å². The van der Waals surface area contributed by atoms with Crippen molar-refractivity contribution in [1.29, 1.82) is 0 Å². The highest BCUT2D eigenvalue weighted by Gasteiger charge is 2.36. The lowest BCUT2D eigenvalue weighted by Crippen LogP contribution is -2.26. The number of ketones is 1. The second-order valence-corrected chi connectivity index (χ2v) is 7.73. The molecule has 5 nitrogen and oxygen atoms in total. The molecular weight excluding hydrogens is 374 g/mol. The first-order valence-electron chi connectivity index (χ1n) is 10.2. The number of aromatic nitrogens is 1. The first-order valence-corrected chi connectivity index (χ1v) is 10.2. The number of para-hydroxylation sites is 2. The lowest BCUT2D eigenvalue weighted by molar-refractivity contribution is -0.116. The van der Waals surface area contributed by atoms with Gasteiger partial charge < -0.3 is 15.4 Å². The molecule has 5 heteroatoms. The number of allylic oxidation sites excluding steroid dienone is 1. The Bertz CT molecular complexity index is 1120. The third-order valence-corrected chi connectivity index (χ3v) is 5.89. The van der Waals surface area contributed by atoms with Crippen LogP contribution in [0.25, 0.3) is 0 Å². The smallest absolute Gasteiger partial charge is 0.163 e. The SMILES string of the molecule is COc1cccc(C2CC(=O)C3=C(C2)Nc2ccccc2NC3c2cccnc2)c1. The van der Waals surface area contributed by atoms with Crippen molar-refractivity contribution in [3.8, 4) is 5.75 Å². The number of nitrogens with zero attached hydrogens (tertiary/aromatic N) is 1. The number of methoxy groups -OCH3 is 1. The van der Waals surface area contributed by atoms with E-state index in [1.807, 2.05) is 60.8 Å². The van der Waals surface area contributed by atoms with Gasteiger partial charge in [0.1, 0.15) is 5.75 Å². The Labute approximate surface area is 175 Å². The van der Waals surface area contributed by atoms with Crippen LogP contribution in [0.3, 0.4) is 0 Å². The molecule has 0 spiro atoms. The zero-order valence-electron chi connectivity index (χ0n) is 16.8. The molecule has 0 amide bonds. The second-order valence-electron chi connectivity index (χ2n) is 7.73. The van der Waals surface area contributed by atoms with Gasteiger partial charge in [-0.15, -0.1) is 0 Å². The van der Waals surface area contributed by atoms with Gasteiger partial charge in [0, 0.05) is 30.1 Å². The molecule has 1 aliphatic carbocycles. The number of pyridine rings is 1. The molecule has 2 unspecified atom stereocenters. The molecular formula is C25H23N3O2. The minimum absolute atomic E-state index is 0.110. The molecule has 2 atom stereocenters. The summed E-state index contributed by atoms with van der Waals surface area (Å²) in [4.78, 5) is 17.7. The normalized spacial score (nSPS) is 20.4. The summed E-state index contributed by atoms with van der Waals surface area (Å²) in [6.45, 7) is 0. The molecule has 1 aromatic heterocycles. The molecule has 1 aliphatic heterocycles. The molecule has 2 aliphatic rings. The monoisotopic (exact) mass is 397 g/mol. The van der Waals surface area contributed by atoms with Gasteiger partial charge in [0.25, 0.3) is 0 Å². The number of hydrogen-bond acceptors (Lipinski definition) is 5. The van der Waals surface area contributed by atoms with Crippen molar-refractivity contribution in [2.45, 2.75) is 24.8 Å². The summed E-state index contributed by atoms with van der Waals surface area (Å²) in [6, 6.07) is 19.8. The van der Waals surface area contributed by atoms with E-state index >= 15 is 0 Å². The number of rotatable bonds is 3. The van der Waals surface area contributed by atoms with E-state index in [-0.39, 0.29) is 17.7 Å². The molecule has 2 heterocycles. The predicted molar refractivity (Wildman–Crippen MR) is 118 cm³/mol. The van der Waals surface area contributed by atoms with Crippen LogP contribution in [-0.2, 0) is 4.79 Å². The molecule has 2 N–H and O–H groups in total. The van der Waals surface area contributed by atoms with Crippen LogP contribution < -0.4 is 15.4 Å². The van der Waals surface area contributed by atoms with E-state index in [1.54, 1.807) is 13.3 Å². The third kappa shape index (κ3) is 3.32. The summed E-state index contributed by atoms with van der Waals surface area (Å²) in [5, 5.41) is 7.14. The van der Waals surface area contributed by atoms with Gasteiger partial charge in [-0.2, -0.15) is 0 Å². The second kappa shape index (κ2) is 7.67. The van der Waals surface area contributed by atoms with Crippen LogP contribution in [0.1, 0.15) is 35.9 Å². The maximum absolute atomic E-state index is 13.5. The third-order valence-electron chi connectivity index (χ3n) is 5.89. The number of nitrogens with one attached hydrogen (secondary N) is 2. The standard InChI is InChI=1S/C25H23N3O2/c1-30-19-8-4-6-16(12-19)18-13-22-24(23(29)14-18)25(17-7-5-11-26-15-17)28-21-10-3-2-9-20(21)27-22/h2-12,15,18,25,27-28H,13-14H2,1H3. The fourth-order valence-electron chi connectivity index (χ4n) is 4.42. The Kier molecular flexibility index (Phi) is 4.71. The fourth-order valence-corrected chi connectivity index (χ4v) is 4.42. The number of carbonyl (C=O) groups excluding carboxylic acids is 1. The topological polar surface area (TPSA) is 63.2 Å². The Balaban J connectivity index is 1.59. The predicted octanol–water partition coefficient (Wildman–Crippen LogP) is 5.07. The molecule has 0 fully saturated rings. The van der Waals surface area contributed by atoms with Gasteiger partial charge in [-0.1, -0.05) is 30.3 Å². The van der Waals surface area contributed by atoms with Crippen LogP contribution in [0, 0.1) is 0 Å². The summed E-state index contributed by atoms with van der Waals surface area (Å²) in [7, 11) is 1.67. The molecule has 0 bridgehead atoms. The van der Waals surface area contributed by atoms with Gasteiger partial charge in [-0.05, 0) is 53.8 Å². The molecule has 5 rings (SSSR count). The van der Waals surface area contributed by atoms with Crippen LogP contribution in [0.15, 0.2) is 84.3 Å². The Morgan fingerprint density at radius 2 is 1.80 bits per heavy atom. The van der Waals surface area contributed by atoms with Crippen LogP contribution in [-0.4, -0.2) is 17.9 Å². The molecule has 30 heavy (non-hydrogen) atoms. The zero-order valence-corrected chi connectivity index (χ0v) is 16.8. The van der Waals surface area contributed by atoms with Crippen LogP contribution in [0.4, 0.5) is 11.4 Å².